The summed E-state index contributed by atoms with van der Waals surface area (Å²) in [7, 11) is 1.33. The molecule has 1 aliphatic heterocycles. The molecule has 0 aliphatic carbocycles. The van der Waals surface area contributed by atoms with Gasteiger partial charge in [0.25, 0.3) is 0 Å². The Kier molecular flexibility index (Phi) is 4.33. The molecule has 0 radical (unpaired) electrons. The first-order chi connectivity index (χ1) is 8.70. The number of carbonyl (C=O) groups excluding carboxylic acids is 1. The first kappa shape index (κ1) is 13.0. The number of esters is 1. The van der Waals surface area contributed by atoms with Crippen LogP contribution in [-0.4, -0.2) is 38.1 Å². The van der Waals surface area contributed by atoms with Gasteiger partial charge in [-0.1, -0.05) is 0 Å². The Morgan fingerprint density at radius 1 is 1.44 bits per heavy atom. The number of thioether (sulfide) groups is 1. The Balaban J connectivity index is 1.96. The molecule has 0 spiro atoms. The van der Waals surface area contributed by atoms with Gasteiger partial charge in [0.05, 0.1) is 7.11 Å². The third-order valence-corrected chi connectivity index (χ3v) is 3.56. The third-order valence-electron chi connectivity index (χ3n) is 2.45. The highest BCUT2D eigenvalue weighted by molar-refractivity contribution is 7.99. The second kappa shape index (κ2) is 5.97. The summed E-state index contributed by atoms with van der Waals surface area (Å²) in [5.74, 6) is 1.55. The summed E-state index contributed by atoms with van der Waals surface area (Å²) in [5.41, 5.74) is 5.66. The second-order valence-corrected chi connectivity index (χ2v) is 4.84. The molecule has 1 aliphatic rings. The van der Waals surface area contributed by atoms with Crippen molar-refractivity contribution in [3.63, 3.8) is 0 Å². The molecular weight excluding hydrogens is 254 g/mol. The van der Waals surface area contributed by atoms with Gasteiger partial charge in [0.1, 0.15) is 19.3 Å². The zero-order valence-corrected chi connectivity index (χ0v) is 10.9. The van der Waals surface area contributed by atoms with Crippen LogP contribution in [0, 0.1) is 0 Å². The minimum atomic E-state index is -0.617. The molecule has 98 valence electrons. The van der Waals surface area contributed by atoms with Crippen molar-refractivity contribution < 1.29 is 19.0 Å². The summed E-state index contributed by atoms with van der Waals surface area (Å²) in [6.45, 7) is 1.13. The summed E-state index contributed by atoms with van der Waals surface area (Å²) in [5, 5.41) is 0. The van der Waals surface area contributed by atoms with Crippen LogP contribution in [0.1, 0.15) is 0 Å². The van der Waals surface area contributed by atoms with Crippen LogP contribution in [0.25, 0.3) is 0 Å². The van der Waals surface area contributed by atoms with Crippen molar-refractivity contribution in [2.45, 2.75) is 10.9 Å². The first-order valence-corrected chi connectivity index (χ1v) is 6.55. The molecule has 0 fully saturated rings. The molecule has 1 aromatic rings. The number of ether oxygens (including phenoxy) is 3. The third kappa shape index (κ3) is 3.08. The average molecular weight is 269 g/mol. The molecule has 0 aromatic heterocycles. The van der Waals surface area contributed by atoms with Crippen molar-refractivity contribution in [3.8, 4) is 11.5 Å². The summed E-state index contributed by atoms with van der Waals surface area (Å²) >= 11 is 1.48. The van der Waals surface area contributed by atoms with Gasteiger partial charge in [-0.2, -0.15) is 0 Å². The van der Waals surface area contributed by atoms with Gasteiger partial charge >= 0.3 is 5.97 Å². The van der Waals surface area contributed by atoms with E-state index in [0.29, 0.717) is 19.0 Å². The van der Waals surface area contributed by atoms with E-state index in [2.05, 4.69) is 4.74 Å². The average Bonchev–Trinajstić information content (AvgIpc) is 2.43. The number of benzene rings is 1. The zero-order valence-electron chi connectivity index (χ0n) is 10.0. The maximum atomic E-state index is 11.2. The van der Waals surface area contributed by atoms with Crippen molar-refractivity contribution in [2.75, 3.05) is 26.1 Å². The number of carbonyl (C=O) groups is 1. The smallest absolute Gasteiger partial charge is 0.323 e. The highest BCUT2D eigenvalue weighted by Gasteiger charge is 2.15. The van der Waals surface area contributed by atoms with Crippen molar-refractivity contribution in [3.05, 3.63) is 18.2 Å². The molecule has 18 heavy (non-hydrogen) atoms. The second-order valence-electron chi connectivity index (χ2n) is 3.75. The van der Waals surface area contributed by atoms with Gasteiger partial charge in [-0.3, -0.25) is 4.79 Å². The maximum Gasteiger partial charge on any atom is 0.323 e. The number of hydrogen-bond donors (Lipinski definition) is 1. The minimum absolute atomic E-state index is 0.403. The van der Waals surface area contributed by atoms with E-state index in [1.165, 1.54) is 18.9 Å². The van der Waals surface area contributed by atoms with E-state index < -0.39 is 12.0 Å². The molecule has 2 N–H and O–H groups in total. The van der Waals surface area contributed by atoms with Crippen LogP contribution < -0.4 is 15.2 Å². The SMILES string of the molecule is COC(=O)C(N)CSc1ccc2c(c1)OCCO2. The van der Waals surface area contributed by atoms with Crippen molar-refractivity contribution in [1.82, 2.24) is 0 Å². The van der Waals surface area contributed by atoms with Gasteiger partial charge in [0.2, 0.25) is 0 Å². The molecular formula is C12H15NO4S. The van der Waals surface area contributed by atoms with Crippen LogP contribution in [0.2, 0.25) is 0 Å². The fraction of sp³-hybridized carbons (Fsp3) is 0.417. The van der Waals surface area contributed by atoms with E-state index in [1.807, 2.05) is 18.2 Å². The van der Waals surface area contributed by atoms with Crippen molar-refractivity contribution in [1.29, 1.82) is 0 Å². The summed E-state index contributed by atoms with van der Waals surface area (Å²) in [4.78, 5) is 12.1. The largest absolute Gasteiger partial charge is 0.486 e. The molecule has 6 heteroatoms. The van der Waals surface area contributed by atoms with E-state index in [4.69, 9.17) is 15.2 Å². The van der Waals surface area contributed by atoms with Crippen LogP contribution in [0.3, 0.4) is 0 Å². The number of nitrogens with two attached hydrogens (primary N) is 1. The number of methoxy groups -OCH3 is 1. The molecule has 1 unspecified atom stereocenters. The van der Waals surface area contributed by atoms with Crippen LogP contribution in [0.15, 0.2) is 23.1 Å². The van der Waals surface area contributed by atoms with Gasteiger partial charge in [-0.25, -0.2) is 0 Å². The molecule has 1 atom stereocenters. The Morgan fingerprint density at radius 2 is 2.17 bits per heavy atom. The standard InChI is InChI=1S/C12H15NO4S/c1-15-12(14)9(13)7-18-8-2-3-10-11(6-8)17-5-4-16-10/h2-3,6,9H,4-5,7,13H2,1H3. The number of fused-ring (bicyclic) bond motifs is 1. The summed E-state index contributed by atoms with van der Waals surface area (Å²) < 4.78 is 15.5. The minimum Gasteiger partial charge on any atom is -0.486 e. The van der Waals surface area contributed by atoms with Gasteiger partial charge in [-0.05, 0) is 18.2 Å². The molecule has 0 saturated heterocycles. The van der Waals surface area contributed by atoms with Crippen LogP contribution in [0.5, 0.6) is 11.5 Å². The van der Waals surface area contributed by atoms with Gasteiger partial charge < -0.3 is 19.9 Å². The van der Waals surface area contributed by atoms with E-state index in [1.54, 1.807) is 0 Å². The molecule has 5 nitrogen and oxygen atoms in total. The highest BCUT2D eigenvalue weighted by atomic mass is 32.2. The molecule has 0 bridgehead atoms. The topological polar surface area (TPSA) is 70.8 Å². The lowest BCUT2D eigenvalue weighted by Gasteiger charge is -2.18. The Labute approximate surface area is 110 Å². The van der Waals surface area contributed by atoms with E-state index in [0.717, 1.165) is 16.4 Å². The number of hydrogen-bond acceptors (Lipinski definition) is 6. The zero-order chi connectivity index (χ0) is 13.0. The van der Waals surface area contributed by atoms with Crippen LogP contribution >= 0.6 is 11.8 Å². The first-order valence-electron chi connectivity index (χ1n) is 5.56. The maximum absolute atomic E-state index is 11.2. The predicted molar refractivity (Wildman–Crippen MR) is 68.1 cm³/mol. The Bertz CT molecular complexity index is 438. The monoisotopic (exact) mass is 269 g/mol. The van der Waals surface area contributed by atoms with E-state index >= 15 is 0 Å². The van der Waals surface area contributed by atoms with Gasteiger partial charge in [0, 0.05) is 10.6 Å². The van der Waals surface area contributed by atoms with E-state index in [-0.39, 0.29) is 0 Å². The van der Waals surface area contributed by atoms with E-state index in [9.17, 15) is 4.79 Å². The summed E-state index contributed by atoms with van der Waals surface area (Å²) in [6.07, 6.45) is 0. The molecule has 1 aromatic carbocycles. The quantitative estimate of drug-likeness (QED) is 0.651. The molecule has 2 rings (SSSR count). The van der Waals surface area contributed by atoms with Crippen molar-refractivity contribution >= 4 is 17.7 Å². The highest BCUT2D eigenvalue weighted by Crippen LogP contribution is 2.34. The molecule has 1 heterocycles. The fourth-order valence-corrected chi connectivity index (χ4v) is 2.38. The van der Waals surface area contributed by atoms with Crippen molar-refractivity contribution in [2.24, 2.45) is 5.73 Å². The molecule has 0 amide bonds. The Morgan fingerprint density at radius 3 is 2.89 bits per heavy atom. The molecule has 0 saturated carbocycles. The lowest BCUT2D eigenvalue weighted by atomic mass is 10.3. The normalized spacial score (nSPS) is 15.0. The Hall–Kier alpha value is -1.40. The van der Waals surface area contributed by atoms with Crippen LogP contribution in [-0.2, 0) is 9.53 Å². The van der Waals surface area contributed by atoms with Crippen LogP contribution in [0.4, 0.5) is 0 Å². The fourth-order valence-electron chi connectivity index (χ4n) is 1.52. The lowest BCUT2D eigenvalue weighted by Crippen LogP contribution is -2.33. The lowest BCUT2D eigenvalue weighted by molar-refractivity contribution is -0.141. The van der Waals surface area contributed by atoms with Gasteiger partial charge in [-0.15, -0.1) is 11.8 Å². The number of rotatable bonds is 4. The van der Waals surface area contributed by atoms with Gasteiger partial charge in [0.15, 0.2) is 11.5 Å². The predicted octanol–water partition coefficient (Wildman–Crippen LogP) is 1.05. The summed E-state index contributed by atoms with van der Waals surface area (Å²) in [6, 6.07) is 5.06.